The lowest BCUT2D eigenvalue weighted by Gasteiger charge is -2.34. The maximum absolute atomic E-state index is 13.3. The van der Waals surface area contributed by atoms with E-state index < -0.39 is 0 Å². The number of amides is 1. The van der Waals surface area contributed by atoms with Gasteiger partial charge >= 0.3 is 0 Å². The highest BCUT2D eigenvalue weighted by Gasteiger charge is 2.19. The molecule has 2 fully saturated rings. The Kier molecular flexibility index (Phi) is 8.09. The van der Waals surface area contributed by atoms with E-state index in [0.29, 0.717) is 24.7 Å². The van der Waals surface area contributed by atoms with E-state index in [-0.39, 0.29) is 11.7 Å². The summed E-state index contributed by atoms with van der Waals surface area (Å²) in [6, 6.07) is 15.1. The van der Waals surface area contributed by atoms with Crippen molar-refractivity contribution in [2.45, 2.75) is 25.4 Å². The molecule has 0 bridgehead atoms. The molecule has 0 aliphatic carbocycles. The van der Waals surface area contributed by atoms with Crippen molar-refractivity contribution in [1.29, 1.82) is 0 Å². The van der Waals surface area contributed by atoms with E-state index in [4.69, 9.17) is 4.74 Å². The summed E-state index contributed by atoms with van der Waals surface area (Å²) in [4.78, 5) is 17.1. The topological polar surface area (TPSA) is 56.8 Å². The highest BCUT2D eigenvalue weighted by atomic mass is 19.1. The fourth-order valence-electron chi connectivity index (χ4n) is 4.33. The van der Waals surface area contributed by atoms with Crippen molar-refractivity contribution in [2.24, 2.45) is 0 Å². The van der Waals surface area contributed by atoms with Crippen molar-refractivity contribution in [3.05, 3.63) is 65.5 Å². The molecular formula is C25H33FN4O2. The third kappa shape index (κ3) is 6.51. The Morgan fingerprint density at radius 2 is 1.78 bits per heavy atom. The quantitative estimate of drug-likeness (QED) is 0.661. The van der Waals surface area contributed by atoms with Gasteiger partial charge in [-0.3, -0.25) is 9.69 Å². The summed E-state index contributed by atoms with van der Waals surface area (Å²) in [5.41, 5.74) is 2.83. The molecule has 2 aromatic carbocycles. The third-order valence-corrected chi connectivity index (χ3v) is 6.29. The summed E-state index contributed by atoms with van der Waals surface area (Å²) in [6.07, 6.45) is 2.08. The predicted molar refractivity (Wildman–Crippen MR) is 125 cm³/mol. The number of piperidine rings is 1. The minimum Gasteiger partial charge on any atom is -0.379 e. The second-order valence-corrected chi connectivity index (χ2v) is 8.53. The first-order valence-electron chi connectivity index (χ1n) is 11.6. The van der Waals surface area contributed by atoms with Gasteiger partial charge in [-0.15, -0.1) is 0 Å². The molecule has 0 unspecified atom stereocenters. The van der Waals surface area contributed by atoms with Crippen LogP contribution in [0.5, 0.6) is 0 Å². The minimum absolute atomic E-state index is 0.0231. The molecule has 172 valence electrons. The van der Waals surface area contributed by atoms with Crippen LogP contribution < -0.4 is 15.5 Å². The van der Waals surface area contributed by atoms with Gasteiger partial charge in [-0.2, -0.15) is 0 Å². The van der Waals surface area contributed by atoms with Crippen LogP contribution in [-0.4, -0.2) is 69.3 Å². The van der Waals surface area contributed by atoms with Crippen molar-refractivity contribution in [3.63, 3.8) is 0 Å². The summed E-state index contributed by atoms with van der Waals surface area (Å²) >= 11 is 0. The summed E-state index contributed by atoms with van der Waals surface area (Å²) in [6.45, 7) is 7.54. The zero-order valence-electron chi connectivity index (χ0n) is 18.6. The Hall–Kier alpha value is -2.48. The number of carbonyl (C=O) groups excluding carboxylic acids is 1. The number of ether oxygens (including phenoxy) is 1. The molecule has 0 atom stereocenters. The molecule has 0 spiro atoms. The second kappa shape index (κ2) is 11.4. The summed E-state index contributed by atoms with van der Waals surface area (Å²) in [5, 5.41) is 6.56. The fourth-order valence-corrected chi connectivity index (χ4v) is 4.33. The van der Waals surface area contributed by atoms with Crippen LogP contribution in [0.1, 0.15) is 28.8 Å². The number of benzene rings is 2. The van der Waals surface area contributed by atoms with Crippen molar-refractivity contribution < 1.29 is 13.9 Å². The molecule has 6 nitrogen and oxygen atoms in total. The number of halogens is 1. The molecule has 1 amide bonds. The van der Waals surface area contributed by atoms with E-state index in [0.717, 1.165) is 70.0 Å². The largest absolute Gasteiger partial charge is 0.379 e. The molecule has 2 heterocycles. The van der Waals surface area contributed by atoms with Crippen molar-refractivity contribution in [1.82, 2.24) is 15.5 Å². The van der Waals surface area contributed by atoms with Gasteiger partial charge in [0.25, 0.3) is 5.91 Å². The lowest BCUT2D eigenvalue weighted by Crippen LogP contribution is -2.42. The molecule has 2 N–H and O–H groups in total. The average molecular weight is 441 g/mol. The van der Waals surface area contributed by atoms with Crippen molar-refractivity contribution >= 4 is 11.6 Å². The van der Waals surface area contributed by atoms with E-state index in [1.807, 2.05) is 30.3 Å². The number of hydrogen-bond donors (Lipinski definition) is 2. The molecule has 0 aromatic heterocycles. The Balaban J connectivity index is 1.18. The molecule has 0 radical (unpaired) electrons. The molecule has 7 heteroatoms. The molecule has 32 heavy (non-hydrogen) atoms. The smallest absolute Gasteiger partial charge is 0.251 e. The van der Waals surface area contributed by atoms with Crippen molar-refractivity contribution in [2.75, 3.05) is 57.4 Å². The predicted octanol–water partition coefficient (Wildman–Crippen LogP) is 2.65. The highest BCUT2D eigenvalue weighted by molar-refractivity contribution is 5.94. The van der Waals surface area contributed by atoms with Crippen LogP contribution in [0, 0.1) is 5.82 Å². The van der Waals surface area contributed by atoms with E-state index in [1.165, 1.54) is 6.07 Å². The molecule has 4 rings (SSSR count). The third-order valence-electron chi connectivity index (χ3n) is 6.29. The summed E-state index contributed by atoms with van der Waals surface area (Å²) in [7, 11) is 0. The van der Waals surface area contributed by atoms with E-state index >= 15 is 0 Å². The standard InChI is InChI=1S/C25H33FN4O2/c26-22-3-1-2-20(18-22)19-28-23-8-11-30(12-9-23)24-6-4-21(5-7-24)25(31)27-10-13-29-14-16-32-17-15-29/h1-7,18,23,28H,8-17,19H2,(H,27,31). The maximum atomic E-state index is 13.3. The van der Waals surface area contributed by atoms with Gasteiger partial charge in [0.15, 0.2) is 0 Å². The van der Waals surface area contributed by atoms with Crippen LogP contribution in [-0.2, 0) is 11.3 Å². The van der Waals surface area contributed by atoms with Crippen LogP contribution in [0.25, 0.3) is 0 Å². The summed E-state index contributed by atoms with van der Waals surface area (Å²) < 4.78 is 18.7. The van der Waals surface area contributed by atoms with E-state index in [2.05, 4.69) is 20.4 Å². The second-order valence-electron chi connectivity index (χ2n) is 8.53. The van der Waals surface area contributed by atoms with Gasteiger partial charge in [-0.05, 0) is 54.8 Å². The Labute approximate surface area is 189 Å². The van der Waals surface area contributed by atoms with Crippen molar-refractivity contribution in [3.8, 4) is 0 Å². The van der Waals surface area contributed by atoms with E-state index in [1.54, 1.807) is 12.1 Å². The lowest BCUT2D eigenvalue weighted by atomic mass is 10.0. The van der Waals surface area contributed by atoms with Gasteiger partial charge in [0.05, 0.1) is 13.2 Å². The zero-order chi connectivity index (χ0) is 22.2. The SMILES string of the molecule is O=C(NCCN1CCOCC1)c1ccc(N2CCC(NCc3cccc(F)c3)CC2)cc1. The zero-order valence-corrected chi connectivity index (χ0v) is 18.6. The highest BCUT2D eigenvalue weighted by Crippen LogP contribution is 2.21. The van der Waals surface area contributed by atoms with Crippen LogP contribution in [0.3, 0.4) is 0 Å². The van der Waals surface area contributed by atoms with Gasteiger partial charge in [0.1, 0.15) is 5.82 Å². The molecule has 2 aromatic rings. The number of hydrogen-bond acceptors (Lipinski definition) is 5. The monoisotopic (exact) mass is 440 g/mol. The maximum Gasteiger partial charge on any atom is 0.251 e. The molecule has 0 saturated carbocycles. The number of nitrogens with zero attached hydrogens (tertiary/aromatic N) is 2. The van der Waals surface area contributed by atoms with Crippen LogP contribution in [0.2, 0.25) is 0 Å². The molecular weight excluding hydrogens is 407 g/mol. The number of morpholine rings is 1. The molecule has 2 aliphatic heterocycles. The Bertz CT molecular complexity index is 863. The van der Waals surface area contributed by atoms with Crippen LogP contribution >= 0.6 is 0 Å². The number of nitrogens with one attached hydrogen (secondary N) is 2. The number of carbonyl (C=O) groups is 1. The first-order valence-corrected chi connectivity index (χ1v) is 11.6. The van der Waals surface area contributed by atoms with Crippen LogP contribution in [0.15, 0.2) is 48.5 Å². The van der Waals surface area contributed by atoms with Gasteiger partial charge in [-0.25, -0.2) is 4.39 Å². The van der Waals surface area contributed by atoms with Gasteiger partial charge < -0.3 is 20.3 Å². The lowest BCUT2D eigenvalue weighted by molar-refractivity contribution is 0.0383. The van der Waals surface area contributed by atoms with Gasteiger partial charge in [-0.1, -0.05) is 12.1 Å². The average Bonchev–Trinajstić information content (AvgIpc) is 2.84. The first-order chi connectivity index (χ1) is 15.7. The van der Waals surface area contributed by atoms with Crippen LogP contribution in [0.4, 0.5) is 10.1 Å². The van der Waals surface area contributed by atoms with Gasteiger partial charge in [0.2, 0.25) is 0 Å². The normalized spacial score (nSPS) is 18.0. The Morgan fingerprint density at radius 3 is 2.50 bits per heavy atom. The summed E-state index contributed by atoms with van der Waals surface area (Å²) in [5.74, 6) is -0.210. The van der Waals surface area contributed by atoms with Gasteiger partial charge in [0, 0.05) is 63.1 Å². The minimum atomic E-state index is -0.187. The van der Waals surface area contributed by atoms with E-state index in [9.17, 15) is 9.18 Å². The Morgan fingerprint density at radius 1 is 1.03 bits per heavy atom. The molecule has 2 aliphatic rings. The first kappa shape index (κ1) is 22.7. The molecule has 2 saturated heterocycles. The number of anilines is 1. The number of rotatable bonds is 8. The fraction of sp³-hybridized carbons (Fsp3) is 0.480.